The number of halogens is 1. The quantitative estimate of drug-likeness (QED) is 0.420. The van der Waals surface area contributed by atoms with Crippen molar-refractivity contribution in [2.75, 3.05) is 6.61 Å². The summed E-state index contributed by atoms with van der Waals surface area (Å²) in [5.74, 6) is -0.288. The first-order valence-corrected chi connectivity index (χ1v) is 10.1. The van der Waals surface area contributed by atoms with Crippen LogP contribution in [0.1, 0.15) is 32.3 Å². The van der Waals surface area contributed by atoms with Crippen LogP contribution >= 0.6 is 0 Å². The van der Waals surface area contributed by atoms with Gasteiger partial charge in [-0.2, -0.15) is 0 Å². The Balaban J connectivity index is 3.03. The molecule has 1 atom stereocenters. The molecule has 0 spiro atoms. The fraction of sp³-hybridized carbons (Fsp3) is 0.562. The standard InChI is InChI=1S/C16H25FO2Si/c1-5-16(20(3,4)17,13-15(18)19-6-2)12-14-10-8-7-9-11-14/h7-11H,5-6,12-13H2,1-4H3. The molecule has 1 aromatic rings. The summed E-state index contributed by atoms with van der Waals surface area (Å²) in [6.07, 6.45) is 1.41. The van der Waals surface area contributed by atoms with E-state index in [0.717, 1.165) is 5.56 Å². The molecule has 0 fully saturated rings. The van der Waals surface area contributed by atoms with E-state index in [2.05, 4.69) is 0 Å². The van der Waals surface area contributed by atoms with E-state index in [1.807, 2.05) is 37.3 Å². The molecule has 1 rings (SSSR count). The highest BCUT2D eigenvalue weighted by molar-refractivity contribution is 6.74. The maximum absolute atomic E-state index is 14.9. The van der Waals surface area contributed by atoms with Gasteiger partial charge in [-0.05, 0) is 38.4 Å². The van der Waals surface area contributed by atoms with E-state index in [0.29, 0.717) is 19.4 Å². The molecular formula is C16H25FO2Si. The summed E-state index contributed by atoms with van der Waals surface area (Å²) in [7, 11) is -3.01. The zero-order chi connectivity index (χ0) is 15.2. The van der Waals surface area contributed by atoms with Crippen LogP contribution in [-0.2, 0) is 16.0 Å². The highest BCUT2D eigenvalue weighted by Gasteiger charge is 2.48. The van der Waals surface area contributed by atoms with Gasteiger partial charge in [-0.3, -0.25) is 4.79 Å². The van der Waals surface area contributed by atoms with Crippen LogP contribution in [0.5, 0.6) is 0 Å². The second-order valence-electron chi connectivity index (χ2n) is 5.75. The third kappa shape index (κ3) is 4.17. The summed E-state index contributed by atoms with van der Waals surface area (Å²) in [5.41, 5.74) is 1.08. The first-order valence-electron chi connectivity index (χ1n) is 7.23. The van der Waals surface area contributed by atoms with Gasteiger partial charge in [0.05, 0.1) is 13.0 Å². The predicted molar refractivity (Wildman–Crippen MR) is 83.0 cm³/mol. The first kappa shape index (κ1) is 16.9. The number of carbonyl (C=O) groups excluding carboxylic acids is 1. The lowest BCUT2D eigenvalue weighted by Crippen LogP contribution is -2.41. The van der Waals surface area contributed by atoms with Crippen LogP contribution in [0.25, 0.3) is 0 Å². The Hall–Kier alpha value is -1.16. The SMILES string of the molecule is CCOC(=O)CC(CC)(Cc1ccccc1)[Si](C)(C)F. The molecule has 0 aliphatic rings. The second kappa shape index (κ2) is 7.02. The van der Waals surface area contributed by atoms with Gasteiger partial charge in [0, 0.05) is 5.04 Å². The summed E-state index contributed by atoms with van der Waals surface area (Å²) in [4.78, 5) is 11.9. The highest BCUT2D eigenvalue weighted by Crippen LogP contribution is 2.48. The fourth-order valence-corrected chi connectivity index (χ4v) is 4.66. The van der Waals surface area contributed by atoms with E-state index >= 15 is 0 Å². The normalized spacial score (nSPS) is 14.7. The van der Waals surface area contributed by atoms with Gasteiger partial charge in [0.2, 0.25) is 8.41 Å². The number of benzene rings is 1. The Morgan fingerprint density at radius 3 is 2.30 bits per heavy atom. The molecule has 0 aliphatic heterocycles. The summed E-state index contributed by atoms with van der Waals surface area (Å²) < 4.78 is 20.0. The average molecular weight is 296 g/mol. The van der Waals surface area contributed by atoms with Gasteiger partial charge >= 0.3 is 5.97 Å². The Bertz CT molecular complexity index is 428. The molecule has 0 amide bonds. The predicted octanol–water partition coefficient (Wildman–Crippen LogP) is 4.51. The van der Waals surface area contributed by atoms with E-state index in [-0.39, 0.29) is 12.4 Å². The molecule has 20 heavy (non-hydrogen) atoms. The van der Waals surface area contributed by atoms with Crippen molar-refractivity contribution < 1.29 is 13.6 Å². The Morgan fingerprint density at radius 2 is 1.85 bits per heavy atom. The molecule has 0 N–H and O–H groups in total. The Kier molecular flexibility index (Phi) is 5.93. The van der Waals surface area contributed by atoms with Crippen molar-refractivity contribution in [1.29, 1.82) is 0 Å². The van der Waals surface area contributed by atoms with Crippen molar-refractivity contribution in [3.05, 3.63) is 35.9 Å². The van der Waals surface area contributed by atoms with E-state index in [4.69, 9.17) is 4.74 Å². The number of carbonyl (C=O) groups is 1. The van der Waals surface area contributed by atoms with Crippen molar-refractivity contribution in [3.8, 4) is 0 Å². The molecule has 112 valence electrons. The van der Waals surface area contributed by atoms with Gasteiger partial charge < -0.3 is 8.84 Å². The monoisotopic (exact) mass is 296 g/mol. The maximum atomic E-state index is 14.9. The van der Waals surface area contributed by atoms with Gasteiger partial charge in [-0.15, -0.1) is 0 Å². The van der Waals surface area contributed by atoms with Crippen LogP contribution in [0.2, 0.25) is 18.1 Å². The number of esters is 1. The third-order valence-electron chi connectivity index (χ3n) is 4.11. The molecule has 0 heterocycles. The summed E-state index contributed by atoms with van der Waals surface area (Å²) in [5, 5.41) is -0.597. The van der Waals surface area contributed by atoms with Gasteiger partial charge in [-0.1, -0.05) is 37.3 Å². The molecule has 2 nitrogen and oxygen atoms in total. The lowest BCUT2D eigenvalue weighted by Gasteiger charge is -2.39. The van der Waals surface area contributed by atoms with Crippen molar-refractivity contribution in [2.45, 2.75) is 51.2 Å². The average Bonchev–Trinajstić information content (AvgIpc) is 2.38. The molecule has 0 radical (unpaired) electrons. The molecular weight excluding hydrogens is 271 g/mol. The largest absolute Gasteiger partial charge is 0.466 e. The van der Waals surface area contributed by atoms with Crippen LogP contribution in [-0.4, -0.2) is 21.0 Å². The topological polar surface area (TPSA) is 26.3 Å². The van der Waals surface area contributed by atoms with E-state index in [1.165, 1.54) is 0 Å². The summed E-state index contributed by atoms with van der Waals surface area (Å²) in [6.45, 7) is 7.48. The van der Waals surface area contributed by atoms with Crippen LogP contribution in [0.4, 0.5) is 4.11 Å². The summed E-state index contributed by atoms with van der Waals surface area (Å²) in [6, 6.07) is 9.84. The molecule has 1 aromatic carbocycles. The zero-order valence-corrected chi connectivity index (χ0v) is 13.9. The molecule has 1 unspecified atom stereocenters. The zero-order valence-electron chi connectivity index (χ0n) is 12.9. The maximum Gasteiger partial charge on any atom is 0.306 e. The van der Waals surface area contributed by atoms with Crippen LogP contribution in [0.3, 0.4) is 0 Å². The third-order valence-corrected chi connectivity index (χ3v) is 7.34. The van der Waals surface area contributed by atoms with E-state index < -0.39 is 13.4 Å². The van der Waals surface area contributed by atoms with E-state index in [1.54, 1.807) is 20.0 Å². The minimum absolute atomic E-state index is 0.169. The number of hydrogen-bond donors (Lipinski definition) is 0. The van der Waals surface area contributed by atoms with Crippen molar-refractivity contribution >= 4 is 14.4 Å². The van der Waals surface area contributed by atoms with Crippen molar-refractivity contribution in [3.63, 3.8) is 0 Å². The molecule has 0 saturated carbocycles. The molecule has 0 saturated heterocycles. The molecule has 0 aromatic heterocycles. The number of hydrogen-bond acceptors (Lipinski definition) is 2. The van der Waals surface area contributed by atoms with E-state index in [9.17, 15) is 8.90 Å². The summed E-state index contributed by atoms with van der Waals surface area (Å²) >= 11 is 0. The lowest BCUT2D eigenvalue weighted by atomic mass is 9.92. The lowest BCUT2D eigenvalue weighted by molar-refractivity contribution is -0.144. The molecule has 4 heteroatoms. The minimum atomic E-state index is -3.01. The highest BCUT2D eigenvalue weighted by atomic mass is 28.4. The number of rotatable bonds is 7. The number of ether oxygens (including phenoxy) is 1. The smallest absolute Gasteiger partial charge is 0.306 e. The van der Waals surface area contributed by atoms with Crippen molar-refractivity contribution in [1.82, 2.24) is 0 Å². The van der Waals surface area contributed by atoms with Crippen LogP contribution < -0.4 is 0 Å². The minimum Gasteiger partial charge on any atom is -0.466 e. The molecule has 0 aliphatic carbocycles. The van der Waals surface area contributed by atoms with Crippen LogP contribution in [0, 0.1) is 0 Å². The first-order chi connectivity index (χ1) is 9.34. The molecule has 0 bridgehead atoms. The van der Waals surface area contributed by atoms with Gasteiger partial charge in [-0.25, -0.2) is 0 Å². The fourth-order valence-electron chi connectivity index (χ4n) is 2.63. The Morgan fingerprint density at radius 1 is 1.25 bits per heavy atom. The van der Waals surface area contributed by atoms with Crippen LogP contribution in [0.15, 0.2) is 30.3 Å². The van der Waals surface area contributed by atoms with Gasteiger partial charge in [0.15, 0.2) is 0 Å². The Labute approximate surface area is 122 Å². The second-order valence-corrected chi connectivity index (χ2v) is 9.76. The van der Waals surface area contributed by atoms with Gasteiger partial charge in [0.1, 0.15) is 0 Å². The van der Waals surface area contributed by atoms with Gasteiger partial charge in [0.25, 0.3) is 0 Å². The van der Waals surface area contributed by atoms with Crippen molar-refractivity contribution in [2.24, 2.45) is 0 Å².